The highest BCUT2D eigenvalue weighted by molar-refractivity contribution is 6.10. The Morgan fingerprint density at radius 2 is 1.92 bits per heavy atom. The van der Waals surface area contributed by atoms with Crippen molar-refractivity contribution in [3.8, 4) is 0 Å². The van der Waals surface area contributed by atoms with Crippen molar-refractivity contribution in [1.29, 1.82) is 0 Å². The lowest BCUT2D eigenvalue weighted by atomic mass is 10.1. The number of aliphatic imine (C=N–C) groups is 1. The molecule has 24 heavy (non-hydrogen) atoms. The van der Waals surface area contributed by atoms with E-state index in [1.165, 1.54) is 0 Å². The third kappa shape index (κ3) is 4.25. The first-order valence-corrected chi connectivity index (χ1v) is 7.62. The summed E-state index contributed by atoms with van der Waals surface area (Å²) >= 11 is 0. The number of carboxylic acid groups (broad SMARTS) is 1. The Morgan fingerprint density at radius 1 is 1.21 bits per heavy atom. The largest absolute Gasteiger partial charge is 0.480 e. The molecule has 0 saturated carbocycles. The van der Waals surface area contributed by atoms with Crippen LogP contribution in [0.5, 0.6) is 0 Å². The zero-order chi connectivity index (χ0) is 17.5. The van der Waals surface area contributed by atoms with E-state index >= 15 is 0 Å². The molecule has 124 valence electrons. The zero-order valence-electron chi connectivity index (χ0n) is 13.6. The number of rotatable bonds is 6. The van der Waals surface area contributed by atoms with Crippen LogP contribution in [0.25, 0.3) is 0 Å². The number of nitrogens with zero attached hydrogens (tertiary/aromatic N) is 2. The molecule has 0 bridgehead atoms. The van der Waals surface area contributed by atoms with E-state index in [1.54, 1.807) is 56.4 Å². The van der Waals surface area contributed by atoms with Crippen molar-refractivity contribution in [2.75, 3.05) is 5.32 Å². The van der Waals surface area contributed by atoms with Crippen molar-refractivity contribution < 1.29 is 14.7 Å². The second-order valence-electron chi connectivity index (χ2n) is 5.19. The molecule has 0 aliphatic rings. The van der Waals surface area contributed by atoms with Crippen LogP contribution in [-0.2, 0) is 4.79 Å². The number of benzene rings is 1. The number of amides is 1. The normalized spacial score (nSPS) is 12.5. The van der Waals surface area contributed by atoms with Gasteiger partial charge in [-0.25, -0.2) is 4.79 Å². The Morgan fingerprint density at radius 3 is 2.54 bits per heavy atom. The molecule has 6 heteroatoms. The summed E-state index contributed by atoms with van der Waals surface area (Å²) in [4.78, 5) is 31.7. The minimum absolute atomic E-state index is 0.305. The molecule has 1 atom stereocenters. The number of hydrogen-bond donors (Lipinski definition) is 2. The predicted octanol–water partition coefficient (Wildman–Crippen LogP) is 3.01. The van der Waals surface area contributed by atoms with Gasteiger partial charge in [-0.3, -0.25) is 14.8 Å². The van der Waals surface area contributed by atoms with Gasteiger partial charge in [0.1, 0.15) is 11.7 Å². The summed E-state index contributed by atoms with van der Waals surface area (Å²) in [5, 5.41) is 11.9. The van der Waals surface area contributed by atoms with Gasteiger partial charge in [-0.1, -0.05) is 31.2 Å². The van der Waals surface area contributed by atoms with Crippen LogP contribution in [0.15, 0.2) is 53.7 Å². The smallest absolute Gasteiger partial charge is 0.328 e. The Hall–Kier alpha value is -3.02. The van der Waals surface area contributed by atoms with Crippen LogP contribution in [0, 0.1) is 0 Å². The monoisotopic (exact) mass is 325 g/mol. The topological polar surface area (TPSA) is 91.7 Å². The average molecular weight is 325 g/mol. The third-order valence-corrected chi connectivity index (χ3v) is 3.48. The molecule has 1 heterocycles. The van der Waals surface area contributed by atoms with Gasteiger partial charge in [0.2, 0.25) is 0 Å². The molecule has 1 aromatic heterocycles. The molecule has 2 aromatic rings. The van der Waals surface area contributed by atoms with Crippen molar-refractivity contribution in [2.24, 2.45) is 4.99 Å². The van der Waals surface area contributed by atoms with Gasteiger partial charge in [-0.15, -0.1) is 0 Å². The number of aliphatic carboxylic acids is 1. The molecular formula is C18H19N3O3. The molecule has 0 saturated heterocycles. The van der Waals surface area contributed by atoms with Gasteiger partial charge in [0.05, 0.1) is 5.69 Å². The van der Waals surface area contributed by atoms with Crippen LogP contribution in [0.3, 0.4) is 0 Å². The summed E-state index contributed by atoms with van der Waals surface area (Å²) < 4.78 is 0. The van der Waals surface area contributed by atoms with E-state index in [0.29, 0.717) is 29.1 Å². The molecule has 1 unspecified atom stereocenters. The molecule has 0 radical (unpaired) electrons. The number of carbonyl (C=O) groups is 2. The van der Waals surface area contributed by atoms with Gasteiger partial charge < -0.3 is 10.4 Å². The summed E-state index contributed by atoms with van der Waals surface area (Å²) in [6, 6.07) is 11.4. The molecule has 0 aliphatic carbocycles. The third-order valence-electron chi connectivity index (χ3n) is 3.48. The van der Waals surface area contributed by atoms with Gasteiger partial charge >= 0.3 is 5.97 Å². The van der Waals surface area contributed by atoms with E-state index in [0.717, 1.165) is 0 Å². The number of aromatic nitrogens is 1. The number of carbonyl (C=O) groups excluding carboxylic acids is 1. The summed E-state index contributed by atoms with van der Waals surface area (Å²) in [6.45, 7) is 3.50. The summed E-state index contributed by atoms with van der Waals surface area (Å²) in [5.41, 5.74) is 2.11. The van der Waals surface area contributed by atoms with Gasteiger partial charge in [-0.2, -0.15) is 0 Å². The van der Waals surface area contributed by atoms with Crippen molar-refractivity contribution in [1.82, 2.24) is 4.98 Å². The molecule has 2 rings (SSSR count). The SMILES string of the molecule is CCC(N=C(C)c1ccccc1NC(=O)c1ccccn1)C(=O)O. The fraction of sp³-hybridized carbons (Fsp3) is 0.222. The highest BCUT2D eigenvalue weighted by Crippen LogP contribution is 2.18. The summed E-state index contributed by atoms with van der Waals surface area (Å²) in [5.74, 6) is -1.30. The van der Waals surface area contributed by atoms with Crippen molar-refractivity contribution >= 4 is 23.3 Å². The maximum atomic E-state index is 12.3. The van der Waals surface area contributed by atoms with E-state index in [2.05, 4.69) is 15.3 Å². The Kier molecular flexibility index (Phi) is 5.78. The number of para-hydroxylation sites is 1. The number of hydrogen-bond acceptors (Lipinski definition) is 4. The first-order chi connectivity index (χ1) is 11.5. The predicted molar refractivity (Wildman–Crippen MR) is 92.6 cm³/mol. The average Bonchev–Trinajstić information content (AvgIpc) is 2.60. The van der Waals surface area contributed by atoms with Gasteiger partial charge in [0.25, 0.3) is 5.91 Å². The van der Waals surface area contributed by atoms with E-state index in [1.807, 2.05) is 6.07 Å². The second-order valence-corrected chi connectivity index (χ2v) is 5.19. The van der Waals surface area contributed by atoms with E-state index in [-0.39, 0.29) is 5.91 Å². The molecule has 1 amide bonds. The van der Waals surface area contributed by atoms with Crippen molar-refractivity contribution in [3.05, 3.63) is 59.9 Å². The highest BCUT2D eigenvalue weighted by atomic mass is 16.4. The fourth-order valence-electron chi connectivity index (χ4n) is 2.22. The maximum absolute atomic E-state index is 12.3. The minimum atomic E-state index is -0.966. The number of carboxylic acids is 1. The summed E-state index contributed by atoms with van der Waals surface area (Å²) in [6.07, 6.45) is 1.95. The lowest BCUT2D eigenvalue weighted by Gasteiger charge is -2.12. The highest BCUT2D eigenvalue weighted by Gasteiger charge is 2.16. The molecular weight excluding hydrogens is 306 g/mol. The van der Waals surface area contributed by atoms with Crippen molar-refractivity contribution in [3.63, 3.8) is 0 Å². The first-order valence-electron chi connectivity index (χ1n) is 7.62. The van der Waals surface area contributed by atoms with E-state index < -0.39 is 12.0 Å². The van der Waals surface area contributed by atoms with E-state index in [9.17, 15) is 9.59 Å². The standard InChI is InChI=1S/C18H19N3O3/c1-3-14(18(23)24)20-12(2)13-8-4-5-9-15(13)21-17(22)16-10-6-7-11-19-16/h4-11,14H,3H2,1-2H3,(H,21,22)(H,23,24). The summed E-state index contributed by atoms with van der Waals surface area (Å²) in [7, 11) is 0. The van der Waals surface area contributed by atoms with Crippen LogP contribution in [0.2, 0.25) is 0 Å². The molecule has 6 nitrogen and oxygen atoms in total. The van der Waals surface area contributed by atoms with Crippen LogP contribution in [-0.4, -0.2) is 33.7 Å². The van der Waals surface area contributed by atoms with E-state index in [4.69, 9.17) is 5.11 Å². The van der Waals surface area contributed by atoms with Gasteiger partial charge in [0, 0.05) is 17.5 Å². The Balaban J connectivity index is 2.29. The first kappa shape index (κ1) is 17.3. The number of nitrogens with one attached hydrogen (secondary N) is 1. The van der Waals surface area contributed by atoms with Gasteiger partial charge in [-0.05, 0) is 31.5 Å². The molecule has 0 fully saturated rings. The zero-order valence-corrected chi connectivity index (χ0v) is 13.6. The molecule has 1 aromatic carbocycles. The fourth-order valence-corrected chi connectivity index (χ4v) is 2.22. The van der Waals surface area contributed by atoms with Crippen LogP contribution >= 0.6 is 0 Å². The Labute approximate surface area is 140 Å². The van der Waals surface area contributed by atoms with Crippen LogP contribution in [0.1, 0.15) is 36.3 Å². The number of pyridine rings is 1. The lowest BCUT2D eigenvalue weighted by molar-refractivity contribution is -0.138. The molecule has 2 N–H and O–H groups in total. The van der Waals surface area contributed by atoms with Crippen molar-refractivity contribution in [2.45, 2.75) is 26.3 Å². The number of anilines is 1. The quantitative estimate of drug-likeness (QED) is 0.799. The molecule has 0 spiro atoms. The Bertz CT molecular complexity index is 757. The lowest BCUT2D eigenvalue weighted by Crippen LogP contribution is -2.19. The minimum Gasteiger partial charge on any atom is -0.480 e. The van der Waals surface area contributed by atoms with Crippen LogP contribution < -0.4 is 5.32 Å². The van der Waals surface area contributed by atoms with Crippen LogP contribution in [0.4, 0.5) is 5.69 Å². The van der Waals surface area contributed by atoms with Gasteiger partial charge in [0.15, 0.2) is 0 Å². The molecule has 0 aliphatic heterocycles. The second kappa shape index (κ2) is 8.01. The maximum Gasteiger partial charge on any atom is 0.328 e.